The molecule has 7 nitrogen and oxygen atoms in total. The summed E-state index contributed by atoms with van der Waals surface area (Å²) in [6, 6.07) is 5.18. The van der Waals surface area contributed by atoms with E-state index in [-0.39, 0.29) is 6.54 Å². The van der Waals surface area contributed by atoms with Gasteiger partial charge in [-0.2, -0.15) is 0 Å². The van der Waals surface area contributed by atoms with Crippen LogP contribution in [0.5, 0.6) is 0 Å². The maximum absolute atomic E-state index is 11.7. The zero-order chi connectivity index (χ0) is 15.1. The van der Waals surface area contributed by atoms with E-state index in [1.54, 1.807) is 24.3 Å². The van der Waals surface area contributed by atoms with Gasteiger partial charge in [0.15, 0.2) is 0 Å². The van der Waals surface area contributed by atoms with E-state index in [4.69, 9.17) is 5.73 Å². The summed E-state index contributed by atoms with van der Waals surface area (Å²) in [5.41, 5.74) is 5.45. The average Bonchev–Trinajstić information content (AvgIpc) is 2.39. The second kappa shape index (κ2) is 7.61. The highest BCUT2D eigenvalue weighted by molar-refractivity contribution is 9.10. The molecular formula is C12H14BrN3O4. The summed E-state index contributed by atoms with van der Waals surface area (Å²) in [6.45, 7) is -0.251. The molecule has 0 heterocycles. The minimum Gasteiger partial charge on any atom is -0.468 e. The van der Waals surface area contributed by atoms with E-state index >= 15 is 0 Å². The molecule has 0 fully saturated rings. The molecular weight excluding hydrogens is 330 g/mol. The highest BCUT2D eigenvalue weighted by Gasteiger charge is 2.21. The van der Waals surface area contributed by atoms with Crippen LogP contribution in [-0.4, -0.2) is 31.6 Å². The number of ether oxygens (including phenoxy) is 1. The van der Waals surface area contributed by atoms with Crippen molar-refractivity contribution in [1.82, 2.24) is 10.6 Å². The fourth-order valence-corrected chi connectivity index (χ4v) is 1.75. The van der Waals surface area contributed by atoms with Crippen LogP contribution < -0.4 is 16.4 Å². The number of carbonyl (C=O) groups is 3. The number of rotatable bonds is 5. The quantitative estimate of drug-likeness (QED) is 0.672. The zero-order valence-corrected chi connectivity index (χ0v) is 12.3. The van der Waals surface area contributed by atoms with Crippen molar-refractivity contribution in [1.29, 1.82) is 0 Å². The van der Waals surface area contributed by atoms with E-state index in [9.17, 15) is 14.4 Å². The zero-order valence-electron chi connectivity index (χ0n) is 10.7. The van der Waals surface area contributed by atoms with Gasteiger partial charge in [0.25, 0.3) is 0 Å². The lowest BCUT2D eigenvalue weighted by molar-refractivity contribution is -0.143. The molecule has 0 radical (unpaired) electrons. The average molecular weight is 344 g/mol. The molecule has 1 aromatic carbocycles. The molecule has 0 aliphatic heterocycles. The van der Waals surface area contributed by atoms with Crippen LogP contribution in [0.15, 0.2) is 28.7 Å². The molecule has 0 unspecified atom stereocenters. The van der Waals surface area contributed by atoms with Gasteiger partial charge in [-0.25, -0.2) is 9.59 Å². The Morgan fingerprint density at radius 1 is 1.30 bits per heavy atom. The fourth-order valence-electron chi connectivity index (χ4n) is 1.49. The topological polar surface area (TPSA) is 111 Å². The second-order valence-electron chi connectivity index (χ2n) is 3.80. The van der Waals surface area contributed by atoms with E-state index in [2.05, 4.69) is 26.0 Å². The number of imide groups is 1. The van der Waals surface area contributed by atoms with Gasteiger partial charge in [0.1, 0.15) is 6.04 Å². The highest BCUT2D eigenvalue weighted by atomic mass is 79.9. The van der Waals surface area contributed by atoms with Crippen molar-refractivity contribution in [3.8, 4) is 0 Å². The summed E-state index contributed by atoms with van der Waals surface area (Å²) < 4.78 is 5.53. The van der Waals surface area contributed by atoms with Crippen molar-refractivity contribution >= 4 is 33.8 Å². The Kier molecular flexibility index (Phi) is 6.13. The number of benzene rings is 1. The summed E-state index contributed by atoms with van der Waals surface area (Å²) in [5.74, 6) is -1.18. The van der Waals surface area contributed by atoms with Crippen LogP contribution in [0.25, 0.3) is 0 Å². The van der Waals surface area contributed by atoms with Crippen molar-refractivity contribution in [2.75, 3.05) is 13.7 Å². The smallest absolute Gasteiger partial charge is 0.327 e. The molecule has 108 valence electrons. The number of primary amides is 1. The van der Waals surface area contributed by atoms with Crippen molar-refractivity contribution in [3.05, 3.63) is 34.3 Å². The number of halogens is 1. The third-order valence-electron chi connectivity index (χ3n) is 2.37. The molecule has 0 spiro atoms. The summed E-state index contributed by atoms with van der Waals surface area (Å²) in [4.78, 5) is 33.6. The molecule has 0 aliphatic rings. The molecule has 0 saturated carbocycles. The summed E-state index contributed by atoms with van der Waals surface area (Å²) in [6.07, 6.45) is 0. The van der Waals surface area contributed by atoms with Gasteiger partial charge >= 0.3 is 12.0 Å². The standard InChI is InChI=1S/C12H14BrN3O4/c1-20-11(18)10(7-2-4-8(13)5-3-7)15-6-9(17)16-12(14)19/h2-5,10,15H,6H2,1H3,(H3,14,16,17,19)/t10-/m1/s1. The molecule has 3 amide bonds. The van der Waals surface area contributed by atoms with Crippen LogP contribution in [0.1, 0.15) is 11.6 Å². The third-order valence-corrected chi connectivity index (χ3v) is 2.90. The number of hydrogen-bond acceptors (Lipinski definition) is 5. The van der Waals surface area contributed by atoms with Gasteiger partial charge in [-0.05, 0) is 17.7 Å². The summed E-state index contributed by atoms with van der Waals surface area (Å²) in [7, 11) is 1.25. The Bertz CT molecular complexity index is 504. The minimum atomic E-state index is -0.949. The second-order valence-corrected chi connectivity index (χ2v) is 4.72. The maximum Gasteiger partial charge on any atom is 0.327 e. The Morgan fingerprint density at radius 3 is 2.40 bits per heavy atom. The van der Waals surface area contributed by atoms with Crippen molar-refractivity contribution in [3.63, 3.8) is 0 Å². The van der Waals surface area contributed by atoms with Crippen molar-refractivity contribution in [2.24, 2.45) is 5.73 Å². The lowest BCUT2D eigenvalue weighted by Crippen LogP contribution is -2.42. The lowest BCUT2D eigenvalue weighted by atomic mass is 10.1. The van der Waals surface area contributed by atoms with Crippen LogP contribution in [0, 0.1) is 0 Å². The number of amides is 3. The first-order valence-corrected chi connectivity index (χ1v) is 6.39. The van der Waals surface area contributed by atoms with E-state index in [0.29, 0.717) is 5.56 Å². The monoisotopic (exact) mass is 343 g/mol. The number of methoxy groups -OCH3 is 1. The Hall–Kier alpha value is -1.93. The minimum absolute atomic E-state index is 0.251. The number of carbonyl (C=O) groups excluding carboxylic acids is 3. The van der Waals surface area contributed by atoms with Gasteiger partial charge in [0, 0.05) is 4.47 Å². The first kappa shape index (κ1) is 16.1. The van der Waals surface area contributed by atoms with E-state index in [0.717, 1.165) is 4.47 Å². The van der Waals surface area contributed by atoms with Crippen LogP contribution in [0.3, 0.4) is 0 Å². The van der Waals surface area contributed by atoms with Crippen LogP contribution >= 0.6 is 15.9 Å². The van der Waals surface area contributed by atoms with Crippen molar-refractivity contribution in [2.45, 2.75) is 6.04 Å². The lowest BCUT2D eigenvalue weighted by Gasteiger charge is -2.16. The molecule has 8 heteroatoms. The fraction of sp³-hybridized carbons (Fsp3) is 0.250. The van der Waals surface area contributed by atoms with Crippen molar-refractivity contribution < 1.29 is 19.1 Å². The molecule has 1 atom stereocenters. The molecule has 0 saturated heterocycles. The number of nitrogens with two attached hydrogens (primary N) is 1. The molecule has 20 heavy (non-hydrogen) atoms. The Morgan fingerprint density at radius 2 is 1.90 bits per heavy atom. The third kappa shape index (κ3) is 4.98. The van der Waals surface area contributed by atoms with Gasteiger partial charge < -0.3 is 10.5 Å². The van der Waals surface area contributed by atoms with Crippen LogP contribution in [-0.2, 0) is 14.3 Å². The van der Waals surface area contributed by atoms with E-state index in [1.807, 2.05) is 5.32 Å². The normalized spacial score (nSPS) is 11.5. The molecule has 0 aliphatic carbocycles. The summed E-state index contributed by atoms with van der Waals surface area (Å²) in [5, 5.41) is 4.60. The Balaban J connectivity index is 2.75. The van der Waals surface area contributed by atoms with Gasteiger partial charge in [-0.15, -0.1) is 0 Å². The molecule has 0 aromatic heterocycles. The summed E-state index contributed by atoms with van der Waals surface area (Å²) >= 11 is 3.29. The number of urea groups is 1. The predicted molar refractivity (Wildman–Crippen MR) is 74.6 cm³/mol. The first-order valence-electron chi connectivity index (χ1n) is 5.60. The molecule has 0 bridgehead atoms. The molecule has 4 N–H and O–H groups in total. The molecule has 1 rings (SSSR count). The molecule has 1 aromatic rings. The van der Waals surface area contributed by atoms with Crippen LogP contribution in [0.2, 0.25) is 0 Å². The highest BCUT2D eigenvalue weighted by Crippen LogP contribution is 2.17. The van der Waals surface area contributed by atoms with E-state index < -0.39 is 23.9 Å². The van der Waals surface area contributed by atoms with Gasteiger partial charge in [-0.1, -0.05) is 28.1 Å². The predicted octanol–water partition coefficient (Wildman–Crippen LogP) is 0.448. The number of esters is 1. The SMILES string of the molecule is COC(=O)[C@H](NCC(=O)NC(N)=O)c1ccc(Br)cc1. The largest absolute Gasteiger partial charge is 0.468 e. The maximum atomic E-state index is 11.7. The van der Waals surface area contributed by atoms with E-state index in [1.165, 1.54) is 7.11 Å². The first-order chi connectivity index (χ1) is 9.43. The number of nitrogens with one attached hydrogen (secondary N) is 2. The van der Waals surface area contributed by atoms with Gasteiger partial charge in [0.2, 0.25) is 5.91 Å². The van der Waals surface area contributed by atoms with Gasteiger partial charge in [-0.3, -0.25) is 15.4 Å². The number of hydrogen-bond donors (Lipinski definition) is 3. The Labute approximate surface area is 124 Å². The van der Waals surface area contributed by atoms with Crippen LogP contribution in [0.4, 0.5) is 4.79 Å². The van der Waals surface area contributed by atoms with Gasteiger partial charge in [0.05, 0.1) is 13.7 Å².